The molecule has 0 amide bonds. The normalized spacial score (nSPS) is 12.0. The number of para-hydroxylation sites is 1. The van der Waals surface area contributed by atoms with Crippen LogP contribution in [0.25, 0.3) is 28.0 Å². The van der Waals surface area contributed by atoms with Gasteiger partial charge in [-0.2, -0.15) is 0 Å². The zero-order valence-corrected chi connectivity index (χ0v) is 11.2. The predicted molar refractivity (Wildman–Crippen MR) is 80.6 cm³/mol. The van der Waals surface area contributed by atoms with Gasteiger partial charge in [0.15, 0.2) is 0 Å². The molecule has 0 radical (unpaired) electrons. The van der Waals surface area contributed by atoms with Crippen molar-refractivity contribution in [1.82, 2.24) is 0 Å². The molecule has 0 atom stereocenters. The number of hydrogen-bond donors (Lipinski definition) is 0. The monoisotopic (exact) mass is 281 g/mol. The summed E-state index contributed by atoms with van der Waals surface area (Å²) in [7, 11) is 0. The molecule has 0 N–H and O–H groups in total. The summed E-state index contributed by atoms with van der Waals surface area (Å²) >= 11 is 0. The van der Waals surface area contributed by atoms with Gasteiger partial charge in [0.25, 0.3) is 0 Å². The number of fused-ring (bicyclic) bond motifs is 2. The van der Waals surface area contributed by atoms with E-state index in [0.717, 1.165) is 0 Å². The summed E-state index contributed by atoms with van der Waals surface area (Å²) in [5, 5.41) is 11.6. The molecule has 5 heteroatoms. The van der Waals surface area contributed by atoms with Crippen LogP contribution in [0.3, 0.4) is 0 Å². The van der Waals surface area contributed by atoms with Gasteiger partial charge in [0, 0.05) is 13.0 Å². The lowest BCUT2D eigenvalue weighted by Crippen LogP contribution is -2.02. The van der Waals surface area contributed by atoms with Crippen LogP contribution in [0.5, 0.6) is 0 Å². The van der Waals surface area contributed by atoms with Crippen LogP contribution in [0.1, 0.15) is 12.5 Å². The predicted octanol–water partition coefficient (Wildman–Crippen LogP) is 3.58. The van der Waals surface area contributed by atoms with Gasteiger partial charge in [0.2, 0.25) is 11.1 Å². The highest BCUT2D eigenvalue weighted by Gasteiger charge is 2.08. The van der Waals surface area contributed by atoms with Gasteiger partial charge in [0.05, 0.1) is 15.7 Å². The van der Waals surface area contributed by atoms with E-state index in [4.69, 9.17) is 4.42 Å². The topological polar surface area (TPSA) is 73.3 Å². The lowest BCUT2D eigenvalue weighted by molar-refractivity contribution is -0.422. The number of allylic oxidation sites excluding steroid dienone is 1. The molecule has 0 bridgehead atoms. The SMILES string of the molecule is C/C(=C\c1ccc2oc3ccccc3c(=O)c2c1)[N+](=O)[O-]. The van der Waals surface area contributed by atoms with Gasteiger partial charge in [-0.05, 0) is 29.8 Å². The molecule has 5 nitrogen and oxygen atoms in total. The van der Waals surface area contributed by atoms with E-state index in [1.54, 1.807) is 42.5 Å². The van der Waals surface area contributed by atoms with Crippen molar-refractivity contribution >= 4 is 28.0 Å². The van der Waals surface area contributed by atoms with Crippen molar-refractivity contribution in [3.63, 3.8) is 0 Å². The summed E-state index contributed by atoms with van der Waals surface area (Å²) in [6.45, 7) is 1.41. The van der Waals surface area contributed by atoms with Crippen LogP contribution in [0, 0.1) is 10.1 Å². The Kier molecular flexibility index (Phi) is 3.02. The van der Waals surface area contributed by atoms with Gasteiger partial charge >= 0.3 is 0 Å². The minimum atomic E-state index is -0.465. The van der Waals surface area contributed by atoms with Gasteiger partial charge < -0.3 is 4.42 Å². The lowest BCUT2D eigenvalue weighted by Gasteiger charge is -2.02. The van der Waals surface area contributed by atoms with Crippen molar-refractivity contribution in [3.05, 3.63) is 74.1 Å². The average Bonchev–Trinajstić information content (AvgIpc) is 2.48. The third-order valence-electron chi connectivity index (χ3n) is 3.26. The first-order valence-corrected chi connectivity index (χ1v) is 6.34. The Balaban J connectivity index is 2.29. The summed E-state index contributed by atoms with van der Waals surface area (Å²) in [5.41, 5.74) is 1.47. The molecule has 1 heterocycles. The van der Waals surface area contributed by atoms with E-state index >= 15 is 0 Å². The van der Waals surface area contributed by atoms with Crippen molar-refractivity contribution in [1.29, 1.82) is 0 Å². The number of nitro groups is 1. The molecule has 1 aromatic heterocycles. The minimum absolute atomic E-state index is 0.0135. The second-order valence-corrected chi connectivity index (χ2v) is 4.73. The quantitative estimate of drug-likeness (QED) is 0.409. The molecular weight excluding hydrogens is 270 g/mol. The summed E-state index contributed by atoms with van der Waals surface area (Å²) in [6.07, 6.45) is 1.42. The molecule has 0 fully saturated rings. The van der Waals surface area contributed by atoms with Crippen molar-refractivity contribution in [2.24, 2.45) is 0 Å². The van der Waals surface area contributed by atoms with Crippen molar-refractivity contribution in [2.45, 2.75) is 6.92 Å². The van der Waals surface area contributed by atoms with E-state index in [-0.39, 0.29) is 11.1 Å². The zero-order chi connectivity index (χ0) is 15.0. The first kappa shape index (κ1) is 13.1. The lowest BCUT2D eigenvalue weighted by atomic mass is 10.1. The van der Waals surface area contributed by atoms with Crippen molar-refractivity contribution in [2.75, 3.05) is 0 Å². The van der Waals surface area contributed by atoms with Gasteiger partial charge in [-0.25, -0.2) is 0 Å². The van der Waals surface area contributed by atoms with Crippen LogP contribution in [0.15, 0.2) is 57.4 Å². The van der Waals surface area contributed by atoms with Crippen molar-refractivity contribution in [3.8, 4) is 0 Å². The van der Waals surface area contributed by atoms with Gasteiger partial charge in [-0.3, -0.25) is 14.9 Å². The molecule has 0 aliphatic rings. The number of hydrogen-bond acceptors (Lipinski definition) is 4. The molecule has 2 aromatic carbocycles. The first-order chi connectivity index (χ1) is 10.1. The Morgan fingerprint density at radius 1 is 1.14 bits per heavy atom. The highest BCUT2D eigenvalue weighted by Crippen LogP contribution is 2.20. The third kappa shape index (κ3) is 2.29. The maximum Gasteiger partial charge on any atom is 0.243 e. The summed E-state index contributed by atoms with van der Waals surface area (Å²) < 4.78 is 5.68. The van der Waals surface area contributed by atoms with Crippen LogP contribution in [0.2, 0.25) is 0 Å². The molecule has 3 aromatic rings. The van der Waals surface area contributed by atoms with Gasteiger partial charge in [0.1, 0.15) is 11.2 Å². The molecule has 0 saturated heterocycles. The van der Waals surface area contributed by atoms with Gasteiger partial charge in [-0.1, -0.05) is 18.2 Å². The molecule has 21 heavy (non-hydrogen) atoms. The Labute approximate surface area is 119 Å². The Hall–Kier alpha value is -2.95. The van der Waals surface area contributed by atoms with Crippen molar-refractivity contribution < 1.29 is 9.34 Å². The van der Waals surface area contributed by atoms with Crippen LogP contribution >= 0.6 is 0 Å². The van der Waals surface area contributed by atoms with Gasteiger partial charge in [-0.15, -0.1) is 0 Å². The zero-order valence-electron chi connectivity index (χ0n) is 11.2. The average molecular weight is 281 g/mol. The smallest absolute Gasteiger partial charge is 0.243 e. The molecule has 3 rings (SSSR count). The molecule has 0 aliphatic heterocycles. The Bertz CT molecular complexity index is 953. The largest absolute Gasteiger partial charge is 0.456 e. The number of rotatable bonds is 2. The first-order valence-electron chi connectivity index (χ1n) is 6.34. The number of nitrogens with zero attached hydrogens (tertiary/aromatic N) is 1. The standard InChI is InChI=1S/C16H11NO4/c1-10(17(19)20)8-11-6-7-15-13(9-11)16(18)12-4-2-3-5-14(12)21-15/h2-9H,1H3/b10-8+. The van der Waals surface area contributed by atoms with E-state index in [2.05, 4.69) is 0 Å². The Morgan fingerprint density at radius 2 is 1.86 bits per heavy atom. The fraction of sp³-hybridized carbons (Fsp3) is 0.0625. The maximum absolute atomic E-state index is 12.4. The summed E-state index contributed by atoms with van der Waals surface area (Å²) in [4.78, 5) is 22.6. The second kappa shape index (κ2) is 4.86. The third-order valence-corrected chi connectivity index (χ3v) is 3.26. The van der Waals surface area contributed by atoms with Crippen LogP contribution in [0.4, 0.5) is 0 Å². The van der Waals surface area contributed by atoms with E-state index < -0.39 is 4.92 Å². The fourth-order valence-corrected chi connectivity index (χ4v) is 2.20. The summed E-state index contributed by atoms with van der Waals surface area (Å²) in [6, 6.07) is 12.0. The van der Waals surface area contributed by atoms with Crippen LogP contribution in [-0.4, -0.2) is 4.92 Å². The molecule has 0 saturated carbocycles. The summed E-state index contributed by atoms with van der Waals surface area (Å²) in [5.74, 6) is 0. The molecular formula is C16H11NO4. The molecule has 0 spiro atoms. The highest BCUT2D eigenvalue weighted by molar-refractivity contribution is 5.90. The molecule has 0 unspecified atom stereocenters. The molecule has 0 aliphatic carbocycles. The highest BCUT2D eigenvalue weighted by atomic mass is 16.6. The van der Waals surface area contributed by atoms with E-state index in [9.17, 15) is 14.9 Å². The van der Waals surface area contributed by atoms with Crippen LogP contribution < -0.4 is 5.43 Å². The van der Waals surface area contributed by atoms with E-state index in [1.165, 1.54) is 13.0 Å². The fourth-order valence-electron chi connectivity index (χ4n) is 2.20. The van der Waals surface area contributed by atoms with Crippen LogP contribution in [-0.2, 0) is 0 Å². The second-order valence-electron chi connectivity index (χ2n) is 4.73. The number of benzene rings is 2. The van der Waals surface area contributed by atoms with E-state index in [0.29, 0.717) is 27.5 Å². The molecule has 104 valence electrons. The Morgan fingerprint density at radius 3 is 2.62 bits per heavy atom. The maximum atomic E-state index is 12.4. The van der Waals surface area contributed by atoms with E-state index in [1.807, 2.05) is 0 Å². The minimum Gasteiger partial charge on any atom is -0.456 e.